The van der Waals surface area contributed by atoms with E-state index in [2.05, 4.69) is 84.6 Å². The van der Waals surface area contributed by atoms with Crippen LogP contribution in [0.4, 0.5) is 5.82 Å². The number of aromatic nitrogens is 9. The largest absolute Gasteiger partial charge is 0.496 e. The molecule has 1 fully saturated rings. The predicted octanol–water partition coefficient (Wildman–Crippen LogP) is 13.5. The van der Waals surface area contributed by atoms with Crippen LogP contribution in [-0.4, -0.2) is 100 Å². The Hall–Kier alpha value is -6.78. The van der Waals surface area contributed by atoms with E-state index in [1.54, 1.807) is 35.6 Å². The second-order valence-corrected chi connectivity index (χ2v) is 23.2. The maximum Gasteiger partial charge on any atom is 0.328 e. The van der Waals surface area contributed by atoms with Gasteiger partial charge in [0.2, 0.25) is 5.91 Å². The first-order chi connectivity index (χ1) is 41.5. The molecule has 2 aliphatic heterocycles. The molecule has 1 spiro atoms. The lowest BCUT2D eigenvalue weighted by atomic mass is 9.94. The van der Waals surface area contributed by atoms with Gasteiger partial charge in [-0.1, -0.05) is 106 Å². The van der Waals surface area contributed by atoms with Crippen molar-refractivity contribution in [1.82, 2.24) is 48.7 Å². The van der Waals surface area contributed by atoms with E-state index in [4.69, 9.17) is 14.5 Å². The average molecular weight is 1180 g/mol. The summed E-state index contributed by atoms with van der Waals surface area (Å²) in [5, 5.41) is 5.48. The Kier molecular flexibility index (Phi) is 29.1. The molecule has 1 aromatic carbocycles. The number of methoxy groups -OCH3 is 2. The Morgan fingerprint density at radius 1 is 0.605 bits per heavy atom. The number of hydrogen-bond donors (Lipinski definition) is 0. The van der Waals surface area contributed by atoms with Crippen molar-refractivity contribution in [1.29, 1.82) is 0 Å². The van der Waals surface area contributed by atoms with Gasteiger partial charge < -0.3 is 14.4 Å². The number of carbonyl (C=O) groups is 2. The number of aryl methyl sites for hydroxylation is 10. The second kappa shape index (κ2) is 35.8. The lowest BCUT2D eigenvalue weighted by Crippen LogP contribution is -2.38. The SMILES string of the molecule is CCCCC1=NC2(CCCC2)C(=O)N1C.CCCCc1cn(CCCC)c(=O)n1C.CCCCc1nc(CCCC)n(C)n1.CCc1cc(OC)c2c(n1)CCCC2.CCc1cc(OC)c2ccccc2n1.Cc1nc(C)c2c(n1)N(C)C(=O)CC2. The summed E-state index contributed by atoms with van der Waals surface area (Å²) in [4.78, 5) is 65.8. The van der Waals surface area contributed by atoms with Crippen LogP contribution in [0.25, 0.3) is 10.9 Å². The normalized spacial score (nSPS) is 14.5. The molecule has 0 saturated heterocycles. The second-order valence-electron chi connectivity index (χ2n) is 23.2. The van der Waals surface area contributed by atoms with Crippen molar-refractivity contribution >= 4 is 34.4 Å². The number of para-hydroxylation sites is 1. The molecule has 7 heterocycles. The summed E-state index contributed by atoms with van der Waals surface area (Å²) in [5.74, 6) is 7.01. The van der Waals surface area contributed by atoms with Gasteiger partial charge in [-0.2, -0.15) is 5.10 Å². The molecule has 2 amide bonds. The number of ether oxygens (including phenoxy) is 2. The summed E-state index contributed by atoms with van der Waals surface area (Å²) in [7, 11) is 11.0. The molecule has 1 saturated carbocycles. The molecule has 0 bridgehead atoms. The first kappa shape index (κ1) is 70.0. The molecule has 0 N–H and O–H groups in total. The number of rotatable bonds is 19. The van der Waals surface area contributed by atoms with Crippen LogP contribution in [-0.2, 0) is 81.6 Å². The van der Waals surface area contributed by atoms with Gasteiger partial charge in [0.05, 0.1) is 19.7 Å². The third kappa shape index (κ3) is 19.4. The fraction of sp³-hybridized carbons (Fsp3) is 0.623. The zero-order chi connectivity index (χ0) is 62.8. The summed E-state index contributed by atoms with van der Waals surface area (Å²) in [5.41, 5.74) is 8.91. The van der Waals surface area contributed by atoms with Gasteiger partial charge in [-0.25, -0.2) is 19.7 Å². The Bertz CT molecular complexity index is 3150. The number of amides is 2. The Morgan fingerprint density at radius 3 is 1.88 bits per heavy atom. The quantitative estimate of drug-likeness (QED) is 0.0753. The number of carbonyl (C=O) groups excluding carboxylic acids is 2. The molecular formula is C69H106N12O5. The Balaban J connectivity index is 0.000000188. The van der Waals surface area contributed by atoms with Crippen LogP contribution in [0, 0.1) is 13.8 Å². The lowest BCUT2D eigenvalue weighted by molar-refractivity contribution is -0.130. The van der Waals surface area contributed by atoms with E-state index in [0.29, 0.717) is 6.42 Å². The van der Waals surface area contributed by atoms with E-state index < -0.39 is 0 Å². The number of hydrogen-bond acceptors (Lipinski definition) is 12. The highest BCUT2D eigenvalue weighted by Crippen LogP contribution is 2.39. The van der Waals surface area contributed by atoms with E-state index >= 15 is 0 Å². The molecule has 0 radical (unpaired) electrons. The number of imidazole rings is 1. The number of pyridine rings is 2. The standard InChI is InChI=1S/C12H20N2O.C12H22N2O.C12H17NO.C12H13NO.C11H21N3.C10H13N3O/c1-3-4-7-10-13-12(8-5-6-9-12)11(15)14(10)2;1-4-6-8-11-10-14(9-7-5-2)12(15)13(11)3;2*1-3-9-8-12(14-2)10-6-4-5-7-11(10)13-9;1-4-6-8-10-12-11(9-7-5-2)14(3)13-10;1-6-8-4-5-9(14)13(3)10(8)12-7(2)11-6/h3-9H2,1-2H3;10H,4-9H2,1-3H3;8H,3-7H2,1-2H3;4-8H,3H2,1-2H3;4-9H2,1-3H3;4-5H2,1-3H3. The van der Waals surface area contributed by atoms with E-state index in [-0.39, 0.29) is 23.0 Å². The third-order valence-corrected chi connectivity index (χ3v) is 16.6. The number of aliphatic imine (C=N–C) groups is 1. The van der Waals surface area contributed by atoms with Gasteiger partial charge in [-0.15, -0.1) is 0 Å². The van der Waals surface area contributed by atoms with Crippen molar-refractivity contribution in [3.63, 3.8) is 0 Å². The van der Waals surface area contributed by atoms with Gasteiger partial charge in [-0.05, 0) is 122 Å². The van der Waals surface area contributed by atoms with E-state index in [1.165, 1.54) is 56.2 Å². The minimum absolute atomic E-state index is 0.134. The molecule has 5 aromatic heterocycles. The highest BCUT2D eigenvalue weighted by molar-refractivity contribution is 6.08. The van der Waals surface area contributed by atoms with Gasteiger partial charge >= 0.3 is 5.69 Å². The first-order valence-electron chi connectivity index (χ1n) is 32.6. The van der Waals surface area contributed by atoms with Crippen LogP contribution in [0.2, 0.25) is 0 Å². The molecule has 17 nitrogen and oxygen atoms in total. The third-order valence-electron chi connectivity index (χ3n) is 16.6. The zero-order valence-corrected chi connectivity index (χ0v) is 55.5. The lowest BCUT2D eigenvalue weighted by Gasteiger charge is -2.25. The molecule has 10 rings (SSSR count). The molecule has 0 atom stereocenters. The van der Waals surface area contributed by atoms with Crippen molar-refractivity contribution in [2.75, 3.05) is 33.2 Å². The zero-order valence-electron chi connectivity index (χ0n) is 55.5. The summed E-state index contributed by atoms with van der Waals surface area (Å²) in [6, 6.07) is 12.1. The van der Waals surface area contributed by atoms with Crippen LogP contribution in [0.1, 0.15) is 221 Å². The molecule has 17 heteroatoms. The Morgan fingerprint density at radius 2 is 1.22 bits per heavy atom. The highest BCUT2D eigenvalue weighted by Gasteiger charge is 2.48. The van der Waals surface area contributed by atoms with Crippen molar-refractivity contribution in [2.24, 2.45) is 19.1 Å². The monoisotopic (exact) mass is 1180 g/mol. The summed E-state index contributed by atoms with van der Waals surface area (Å²) in [6.07, 6.45) is 30.1. The van der Waals surface area contributed by atoms with Crippen LogP contribution in [0.3, 0.4) is 0 Å². The number of amidine groups is 1. The van der Waals surface area contributed by atoms with Gasteiger partial charge in [0.25, 0.3) is 5.91 Å². The minimum Gasteiger partial charge on any atom is -0.496 e. The number of likely N-dealkylation sites (N-methyl/N-ethyl adjacent to an activating group) is 1. The fourth-order valence-corrected chi connectivity index (χ4v) is 11.3. The summed E-state index contributed by atoms with van der Waals surface area (Å²) >= 11 is 0. The minimum atomic E-state index is -0.335. The summed E-state index contributed by atoms with van der Waals surface area (Å²) < 4.78 is 16.3. The first-order valence-corrected chi connectivity index (χ1v) is 32.6. The van der Waals surface area contributed by atoms with Crippen LogP contribution in [0.5, 0.6) is 11.5 Å². The molecule has 86 heavy (non-hydrogen) atoms. The van der Waals surface area contributed by atoms with Crippen LogP contribution >= 0.6 is 0 Å². The van der Waals surface area contributed by atoms with E-state index in [0.717, 1.165) is 202 Å². The number of nitrogens with zero attached hydrogens (tertiary/aromatic N) is 12. The average Bonchev–Trinajstić information content (AvgIpc) is 1.82. The van der Waals surface area contributed by atoms with Gasteiger partial charge in [0.15, 0.2) is 5.82 Å². The summed E-state index contributed by atoms with van der Waals surface area (Å²) in [6.45, 7) is 19.8. The van der Waals surface area contributed by atoms with Crippen molar-refractivity contribution in [2.45, 2.75) is 241 Å². The molecule has 6 aromatic rings. The van der Waals surface area contributed by atoms with Crippen LogP contribution < -0.4 is 20.1 Å². The number of benzene rings is 1. The molecule has 0 unspecified atom stereocenters. The van der Waals surface area contributed by atoms with Crippen molar-refractivity contribution in [3.8, 4) is 11.5 Å². The van der Waals surface area contributed by atoms with Gasteiger partial charge in [0.1, 0.15) is 40.3 Å². The fourth-order valence-electron chi connectivity index (χ4n) is 11.3. The number of unbranched alkanes of at least 4 members (excludes halogenated alkanes) is 5. The molecule has 472 valence electrons. The highest BCUT2D eigenvalue weighted by atomic mass is 16.5. The number of fused-ring (bicyclic) bond motifs is 3. The maximum absolute atomic E-state index is 12.1. The van der Waals surface area contributed by atoms with Crippen molar-refractivity contribution in [3.05, 3.63) is 110 Å². The van der Waals surface area contributed by atoms with Crippen molar-refractivity contribution < 1.29 is 19.1 Å². The number of anilines is 1. The van der Waals surface area contributed by atoms with E-state index in [9.17, 15) is 14.4 Å². The van der Waals surface area contributed by atoms with Crippen LogP contribution in [0.15, 0.2) is 52.4 Å². The maximum atomic E-state index is 12.1. The molecule has 2 aliphatic carbocycles. The smallest absolute Gasteiger partial charge is 0.328 e. The predicted molar refractivity (Wildman–Crippen MR) is 350 cm³/mol. The topological polar surface area (TPSA) is 181 Å². The Labute approximate surface area is 515 Å². The van der Waals surface area contributed by atoms with E-state index in [1.807, 2.05) is 80.8 Å². The van der Waals surface area contributed by atoms with Gasteiger partial charge in [-0.3, -0.25) is 43.3 Å². The molecule has 4 aliphatic rings. The van der Waals surface area contributed by atoms with Gasteiger partial charge in [0, 0.05) is 124 Å². The molecular weight excluding hydrogens is 1080 g/mol.